The highest BCUT2D eigenvalue weighted by molar-refractivity contribution is 7.09. The minimum atomic E-state index is -0.00873. The molecule has 0 radical (unpaired) electrons. The van der Waals surface area contributed by atoms with E-state index in [0.717, 1.165) is 29.1 Å². The number of fused-ring (bicyclic) bond motifs is 2. The quantitative estimate of drug-likeness (QED) is 0.708. The standard InChI is InChI=1S/C18H24N4OS.2ClH/c1-10-21-16(9-24-10)13-7-15(20-8-13)18(23)22-17-11-3-2-4-12(17)6-14(19)5-11;;/h7-9,11-12,14,17,20H,2-6,19H2,1H3,(H,22,23);2*1H. The lowest BCUT2D eigenvalue weighted by molar-refractivity contribution is 0.0752. The summed E-state index contributed by atoms with van der Waals surface area (Å²) in [7, 11) is 0. The fourth-order valence-electron chi connectivity index (χ4n) is 4.42. The lowest BCUT2D eigenvalue weighted by Crippen LogP contribution is -2.53. The van der Waals surface area contributed by atoms with Crippen molar-refractivity contribution < 1.29 is 4.79 Å². The van der Waals surface area contributed by atoms with Gasteiger partial charge >= 0.3 is 0 Å². The first-order valence-corrected chi connectivity index (χ1v) is 9.65. The number of thiazole rings is 1. The Hall–Kier alpha value is -1.08. The predicted octanol–water partition coefficient (Wildman–Crippen LogP) is 3.93. The van der Waals surface area contributed by atoms with Gasteiger partial charge in [0.2, 0.25) is 0 Å². The maximum atomic E-state index is 12.7. The summed E-state index contributed by atoms with van der Waals surface area (Å²) in [5, 5.41) is 6.34. The van der Waals surface area contributed by atoms with Crippen LogP contribution in [-0.4, -0.2) is 28.0 Å². The molecule has 2 heterocycles. The van der Waals surface area contributed by atoms with Crippen molar-refractivity contribution in [1.29, 1.82) is 0 Å². The van der Waals surface area contributed by atoms with Gasteiger partial charge in [0.15, 0.2) is 0 Å². The van der Waals surface area contributed by atoms with Gasteiger partial charge in [0.1, 0.15) is 5.69 Å². The fraction of sp³-hybridized carbons (Fsp3) is 0.556. The largest absolute Gasteiger partial charge is 0.357 e. The summed E-state index contributed by atoms with van der Waals surface area (Å²) in [6.45, 7) is 1.99. The van der Waals surface area contributed by atoms with Crippen LogP contribution in [0.25, 0.3) is 11.3 Å². The summed E-state index contributed by atoms with van der Waals surface area (Å²) >= 11 is 1.62. The number of aromatic amines is 1. The molecule has 2 aromatic heterocycles. The second-order valence-corrected chi connectivity index (χ2v) is 8.30. The van der Waals surface area contributed by atoms with E-state index >= 15 is 0 Å². The van der Waals surface area contributed by atoms with E-state index < -0.39 is 0 Å². The zero-order valence-electron chi connectivity index (χ0n) is 14.7. The molecule has 0 saturated heterocycles. The molecule has 2 atom stereocenters. The summed E-state index contributed by atoms with van der Waals surface area (Å²) in [6.07, 6.45) is 7.57. The van der Waals surface area contributed by atoms with Crippen LogP contribution in [0.5, 0.6) is 0 Å². The van der Waals surface area contributed by atoms with Crippen LogP contribution >= 0.6 is 36.2 Å². The predicted molar refractivity (Wildman–Crippen MR) is 110 cm³/mol. The van der Waals surface area contributed by atoms with Gasteiger partial charge in [0, 0.05) is 29.2 Å². The number of nitrogens with two attached hydrogens (primary N) is 1. The van der Waals surface area contributed by atoms with E-state index in [4.69, 9.17) is 5.73 Å². The maximum absolute atomic E-state index is 12.7. The Balaban J connectivity index is 0.00000121. The SMILES string of the molecule is Cc1nc(-c2c[nH]c(C(=O)NC3C4CCCC3CC(N)C4)c2)cs1.Cl.Cl. The third-order valence-electron chi connectivity index (χ3n) is 5.52. The average Bonchev–Trinajstić information content (AvgIpc) is 3.17. The smallest absolute Gasteiger partial charge is 0.267 e. The number of aromatic nitrogens is 2. The first kappa shape index (κ1) is 21.2. The summed E-state index contributed by atoms with van der Waals surface area (Å²) in [4.78, 5) is 20.3. The van der Waals surface area contributed by atoms with E-state index in [1.54, 1.807) is 11.3 Å². The van der Waals surface area contributed by atoms with Crippen LogP contribution in [0.1, 0.15) is 47.6 Å². The highest BCUT2D eigenvalue weighted by Crippen LogP contribution is 2.39. The van der Waals surface area contributed by atoms with Gasteiger partial charge in [-0.3, -0.25) is 4.79 Å². The van der Waals surface area contributed by atoms with Gasteiger partial charge in [-0.2, -0.15) is 0 Å². The Morgan fingerprint density at radius 1 is 1.31 bits per heavy atom. The molecular weight excluding hydrogens is 391 g/mol. The van der Waals surface area contributed by atoms with E-state index in [1.807, 2.05) is 24.6 Å². The Morgan fingerprint density at radius 2 is 2.00 bits per heavy atom. The zero-order chi connectivity index (χ0) is 16.7. The number of amides is 1. The van der Waals surface area contributed by atoms with E-state index in [9.17, 15) is 4.79 Å². The number of aryl methyl sites for hydroxylation is 1. The first-order chi connectivity index (χ1) is 11.6. The van der Waals surface area contributed by atoms with Crippen molar-refractivity contribution in [3.05, 3.63) is 28.3 Å². The number of carbonyl (C=O) groups excluding carboxylic acids is 1. The third-order valence-corrected chi connectivity index (χ3v) is 6.29. The number of nitrogens with zero attached hydrogens (tertiary/aromatic N) is 1. The first-order valence-electron chi connectivity index (χ1n) is 8.77. The normalized spacial score (nSPS) is 27.2. The van der Waals surface area contributed by atoms with Gasteiger partial charge < -0.3 is 16.0 Å². The number of nitrogens with one attached hydrogen (secondary N) is 2. The van der Waals surface area contributed by atoms with Crippen LogP contribution in [0.15, 0.2) is 17.6 Å². The topological polar surface area (TPSA) is 83.8 Å². The molecule has 2 saturated carbocycles. The molecule has 0 aromatic carbocycles. The molecule has 4 N–H and O–H groups in total. The number of rotatable bonds is 3. The number of hydrogen-bond acceptors (Lipinski definition) is 4. The van der Waals surface area contributed by atoms with Crippen molar-refractivity contribution in [2.45, 2.75) is 51.1 Å². The van der Waals surface area contributed by atoms with E-state index in [0.29, 0.717) is 23.6 Å². The molecule has 2 unspecified atom stereocenters. The minimum absolute atomic E-state index is 0. The summed E-state index contributed by atoms with van der Waals surface area (Å²) < 4.78 is 0. The zero-order valence-corrected chi connectivity index (χ0v) is 17.2. The molecule has 2 aromatic rings. The lowest BCUT2D eigenvalue weighted by Gasteiger charge is -2.45. The van der Waals surface area contributed by atoms with Crippen LogP contribution in [0.4, 0.5) is 0 Å². The monoisotopic (exact) mass is 416 g/mol. The average molecular weight is 417 g/mol. The van der Waals surface area contributed by atoms with Crippen molar-refractivity contribution in [2.24, 2.45) is 17.6 Å². The Bertz CT molecular complexity index is 733. The van der Waals surface area contributed by atoms with Crippen LogP contribution in [0, 0.1) is 18.8 Å². The van der Waals surface area contributed by atoms with Gasteiger partial charge in [-0.1, -0.05) is 6.42 Å². The molecule has 2 fully saturated rings. The van der Waals surface area contributed by atoms with Crippen molar-refractivity contribution in [1.82, 2.24) is 15.3 Å². The van der Waals surface area contributed by atoms with Crippen LogP contribution in [0.2, 0.25) is 0 Å². The fourth-order valence-corrected chi connectivity index (χ4v) is 5.05. The van der Waals surface area contributed by atoms with Gasteiger partial charge in [0.25, 0.3) is 5.91 Å². The van der Waals surface area contributed by atoms with E-state index in [-0.39, 0.29) is 36.8 Å². The molecule has 0 aliphatic heterocycles. The molecular formula is C18H26Cl2N4OS. The summed E-state index contributed by atoms with van der Waals surface area (Å²) in [5.74, 6) is 1.06. The minimum Gasteiger partial charge on any atom is -0.357 e. The third kappa shape index (κ3) is 4.25. The van der Waals surface area contributed by atoms with E-state index in [1.165, 1.54) is 19.3 Å². The molecule has 1 amide bonds. The molecule has 0 spiro atoms. The van der Waals surface area contributed by atoms with Gasteiger partial charge in [-0.25, -0.2) is 4.98 Å². The molecule has 4 rings (SSSR count). The number of carbonyl (C=O) groups is 1. The summed E-state index contributed by atoms with van der Waals surface area (Å²) in [6, 6.07) is 2.48. The van der Waals surface area contributed by atoms with Gasteiger partial charge in [-0.15, -0.1) is 36.2 Å². The van der Waals surface area contributed by atoms with Crippen molar-refractivity contribution in [2.75, 3.05) is 0 Å². The Labute approximate surface area is 170 Å². The molecule has 26 heavy (non-hydrogen) atoms. The number of H-pyrrole nitrogens is 1. The van der Waals surface area contributed by atoms with Crippen molar-refractivity contribution in [3.8, 4) is 11.3 Å². The molecule has 5 nitrogen and oxygen atoms in total. The lowest BCUT2D eigenvalue weighted by atomic mass is 9.67. The van der Waals surface area contributed by atoms with E-state index in [2.05, 4.69) is 15.3 Å². The number of hydrogen-bond donors (Lipinski definition) is 3. The Morgan fingerprint density at radius 3 is 2.62 bits per heavy atom. The van der Waals surface area contributed by atoms with Gasteiger partial charge in [0.05, 0.1) is 10.7 Å². The molecule has 2 aliphatic rings. The van der Waals surface area contributed by atoms with Crippen LogP contribution in [-0.2, 0) is 0 Å². The Kier molecular flexibility index (Phi) is 7.13. The summed E-state index contributed by atoms with van der Waals surface area (Å²) in [5.41, 5.74) is 8.68. The number of halogens is 2. The van der Waals surface area contributed by atoms with Crippen molar-refractivity contribution >= 4 is 42.1 Å². The second kappa shape index (κ2) is 8.74. The maximum Gasteiger partial charge on any atom is 0.267 e. The van der Waals surface area contributed by atoms with Crippen molar-refractivity contribution in [3.63, 3.8) is 0 Å². The van der Waals surface area contributed by atoms with Crippen LogP contribution in [0.3, 0.4) is 0 Å². The molecule has 2 bridgehead atoms. The highest BCUT2D eigenvalue weighted by Gasteiger charge is 2.40. The molecule has 2 aliphatic carbocycles. The van der Waals surface area contributed by atoms with Gasteiger partial charge in [-0.05, 0) is 50.5 Å². The molecule has 8 heteroatoms. The molecule has 144 valence electrons. The second-order valence-electron chi connectivity index (χ2n) is 7.24. The highest BCUT2D eigenvalue weighted by atomic mass is 35.5. The van der Waals surface area contributed by atoms with Crippen LogP contribution < -0.4 is 11.1 Å².